The Hall–Kier alpha value is -1.39. The quantitative estimate of drug-likeness (QED) is 0.322. The molecular formula is C21H39N3O2. The van der Waals surface area contributed by atoms with Gasteiger partial charge in [-0.25, -0.2) is 0 Å². The molecule has 0 radical (unpaired) electrons. The van der Waals surface area contributed by atoms with E-state index in [2.05, 4.69) is 22.4 Å². The van der Waals surface area contributed by atoms with Crippen LogP contribution in [0.1, 0.15) is 116 Å². The van der Waals surface area contributed by atoms with Crippen molar-refractivity contribution in [2.24, 2.45) is 0 Å². The van der Waals surface area contributed by atoms with Crippen molar-refractivity contribution in [3.8, 4) is 0 Å². The average Bonchev–Trinajstić information content (AvgIpc) is 3.05. The second-order valence-electron chi connectivity index (χ2n) is 7.38. The molecule has 5 nitrogen and oxygen atoms in total. The van der Waals surface area contributed by atoms with Gasteiger partial charge in [0.15, 0.2) is 0 Å². The highest BCUT2D eigenvalue weighted by Crippen LogP contribution is 2.14. The molecule has 150 valence electrons. The fourth-order valence-electron chi connectivity index (χ4n) is 3.20. The lowest BCUT2D eigenvalue weighted by atomic mass is 10.0. The highest BCUT2D eigenvalue weighted by molar-refractivity contribution is 5.86. The van der Waals surface area contributed by atoms with E-state index in [1.54, 1.807) is 0 Å². The van der Waals surface area contributed by atoms with E-state index in [4.69, 9.17) is 4.42 Å². The van der Waals surface area contributed by atoms with Crippen molar-refractivity contribution in [3.63, 3.8) is 0 Å². The van der Waals surface area contributed by atoms with Crippen molar-refractivity contribution in [2.45, 2.75) is 117 Å². The summed E-state index contributed by atoms with van der Waals surface area (Å²) < 4.78 is 5.36. The third-order valence-corrected chi connectivity index (χ3v) is 4.74. The largest absolute Gasteiger partial charge is 0.408 e. The van der Waals surface area contributed by atoms with Gasteiger partial charge in [-0.1, -0.05) is 102 Å². The Labute approximate surface area is 159 Å². The third-order valence-electron chi connectivity index (χ3n) is 4.74. The minimum absolute atomic E-state index is 0.188. The number of nitrogens with zero attached hydrogens (tertiary/aromatic N) is 2. The van der Waals surface area contributed by atoms with Crippen LogP contribution in [-0.4, -0.2) is 16.1 Å². The van der Waals surface area contributed by atoms with E-state index in [1.807, 2.05) is 0 Å². The highest BCUT2D eigenvalue weighted by Gasteiger charge is 2.06. The van der Waals surface area contributed by atoms with Crippen LogP contribution in [0.3, 0.4) is 0 Å². The van der Waals surface area contributed by atoms with Crippen LogP contribution in [0.5, 0.6) is 0 Å². The fraction of sp³-hybridized carbons (Fsp3) is 0.857. The Balaban J connectivity index is 1.81. The molecule has 0 fully saturated rings. The van der Waals surface area contributed by atoms with Gasteiger partial charge in [-0.05, 0) is 6.42 Å². The summed E-state index contributed by atoms with van der Waals surface area (Å²) in [7, 11) is 0. The summed E-state index contributed by atoms with van der Waals surface area (Å²) in [5.41, 5.74) is 0. The van der Waals surface area contributed by atoms with Gasteiger partial charge in [-0.3, -0.25) is 10.1 Å². The second kappa shape index (κ2) is 15.8. The second-order valence-corrected chi connectivity index (χ2v) is 7.38. The molecule has 1 rings (SSSR count). The van der Waals surface area contributed by atoms with Crippen LogP contribution in [0.4, 0.5) is 6.01 Å². The summed E-state index contributed by atoms with van der Waals surface area (Å²) >= 11 is 0. The van der Waals surface area contributed by atoms with Crippen LogP contribution in [-0.2, 0) is 11.2 Å². The number of hydrogen-bond acceptors (Lipinski definition) is 4. The molecular weight excluding hydrogens is 326 g/mol. The topological polar surface area (TPSA) is 68.0 Å². The molecule has 5 heteroatoms. The minimum atomic E-state index is -0.188. The summed E-state index contributed by atoms with van der Waals surface area (Å²) in [6, 6.07) is 0.202. The molecule has 0 aliphatic rings. The maximum absolute atomic E-state index is 10.9. The first-order chi connectivity index (χ1) is 12.7. The highest BCUT2D eigenvalue weighted by atomic mass is 16.4. The van der Waals surface area contributed by atoms with Crippen LogP contribution < -0.4 is 5.32 Å². The zero-order valence-electron chi connectivity index (χ0n) is 17.0. The lowest BCUT2D eigenvalue weighted by Gasteiger charge is -2.03. The number of anilines is 1. The zero-order chi connectivity index (χ0) is 18.9. The van der Waals surface area contributed by atoms with Crippen LogP contribution in [0.2, 0.25) is 0 Å². The van der Waals surface area contributed by atoms with Gasteiger partial charge in [0.2, 0.25) is 11.8 Å². The van der Waals surface area contributed by atoms with Gasteiger partial charge in [0.25, 0.3) is 0 Å². The summed E-state index contributed by atoms with van der Waals surface area (Å²) in [6.45, 7) is 3.71. The lowest BCUT2D eigenvalue weighted by Crippen LogP contribution is -2.05. The van der Waals surface area contributed by atoms with Crippen molar-refractivity contribution < 1.29 is 9.21 Å². The first-order valence-corrected chi connectivity index (χ1v) is 10.8. The molecule has 0 aliphatic heterocycles. The standard InChI is InChI=1S/C21H39N3O2/c1-3-4-5-6-7-8-9-10-11-12-13-14-15-16-17-18-20-23-24-21(26-20)22-19(2)25/h3-18H2,1-2H3,(H,22,24,25). The molecule has 1 N–H and O–H groups in total. The first-order valence-electron chi connectivity index (χ1n) is 10.8. The van der Waals surface area contributed by atoms with Crippen LogP contribution in [0.25, 0.3) is 0 Å². The first kappa shape index (κ1) is 22.7. The number of nitrogens with one attached hydrogen (secondary N) is 1. The molecule has 1 aromatic rings. The number of carbonyl (C=O) groups is 1. The summed E-state index contributed by atoms with van der Waals surface area (Å²) in [5, 5.41) is 10.2. The number of aryl methyl sites for hydroxylation is 1. The van der Waals surface area contributed by atoms with Crippen LogP contribution in [0.15, 0.2) is 4.42 Å². The minimum Gasteiger partial charge on any atom is -0.408 e. The van der Waals surface area contributed by atoms with E-state index >= 15 is 0 Å². The summed E-state index contributed by atoms with van der Waals surface area (Å²) in [5.74, 6) is 0.426. The maximum atomic E-state index is 10.9. The molecule has 0 unspecified atom stereocenters. The van der Waals surface area contributed by atoms with Gasteiger partial charge < -0.3 is 4.42 Å². The molecule has 0 atom stereocenters. The monoisotopic (exact) mass is 365 g/mol. The molecule has 0 spiro atoms. The van der Waals surface area contributed by atoms with Crippen molar-refractivity contribution in [1.82, 2.24) is 10.2 Å². The molecule has 0 aliphatic carbocycles. The van der Waals surface area contributed by atoms with Crippen LogP contribution >= 0.6 is 0 Å². The van der Waals surface area contributed by atoms with Crippen molar-refractivity contribution in [1.29, 1.82) is 0 Å². The number of aromatic nitrogens is 2. The number of carbonyl (C=O) groups excluding carboxylic acids is 1. The SMILES string of the molecule is CCCCCCCCCCCCCCCCCc1nnc(NC(C)=O)o1. The fourth-order valence-corrected chi connectivity index (χ4v) is 3.20. The Kier molecular flexibility index (Phi) is 13.8. The van der Waals surface area contributed by atoms with Crippen molar-refractivity contribution >= 4 is 11.9 Å². The van der Waals surface area contributed by atoms with E-state index in [-0.39, 0.29) is 11.9 Å². The summed E-state index contributed by atoms with van der Waals surface area (Å²) in [6.07, 6.45) is 21.2. The van der Waals surface area contributed by atoms with Crippen molar-refractivity contribution in [2.75, 3.05) is 5.32 Å². The average molecular weight is 366 g/mol. The predicted octanol–water partition coefficient (Wildman–Crippen LogP) is 6.44. The smallest absolute Gasteiger partial charge is 0.322 e. The maximum Gasteiger partial charge on any atom is 0.322 e. The number of rotatable bonds is 17. The molecule has 1 amide bonds. The van der Waals surface area contributed by atoms with Gasteiger partial charge in [0, 0.05) is 13.3 Å². The number of hydrogen-bond donors (Lipinski definition) is 1. The van der Waals surface area contributed by atoms with Crippen molar-refractivity contribution in [3.05, 3.63) is 5.89 Å². The van der Waals surface area contributed by atoms with E-state index in [0.717, 1.165) is 12.8 Å². The third kappa shape index (κ3) is 12.9. The van der Waals surface area contributed by atoms with Gasteiger partial charge in [-0.2, -0.15) is 0 Å². The predicted molar refractivity (Wildman–Crippen MR) is 107 cm³/mol. The van der Waals surface area contributed by atoms with E-state index in [0.29, 0.717) is 5.89 Å². The number of unbranched alkanes of at least 4 members (excludes halogenated alkanes) is 14. The summed E-state index contributed by atoms with van der Waals surface area (Å²) in [4.78, 5) is 10.9. The number of amides is 1. The Morgan fingerprint density at radius 3 is 1.69 bits per heavy atom. The normalized spacial score (nSPS) is 11.0. The van der Waals surface area contributed by atoms with E-state index < -0.39 is 0 Å². The van der Waals surface area contributed by atoms with Gasteiger partial charge in [0.1, 0.15) is 0 Å². The zero-order valence-corrected chi connectivity index (χ0v) is 17.0. The molecule has 26 heavy (non-hydrogen) atoms. The lowest BCUT2D eigenvalue weighted by molar-refractivity contribution is -0.114. The van der Waals surface area contributed by atoms with E-state index in [1.165, 1.54) is 96.8 Å². The molecule has 0 aromatic carbocycles. The Morgan fingerprint density at radius 2 is 1.23 bits per heavy atom. The Bertz CT molecular complexity index is 460. The molecule has 1 heterocycles. The van der Waals surface area contributed by atoms with Crippen LogP contribution in [0, 0.1) is 0 Å². The Morgan fingerprint density at radius 1 is 0.769 bits per heavy atom. The molecule has 0 saturated carbocycles. The van der Waals surface area contributed by atoms with E-state index in [9.17, 15) is 4.79 Å². The van der Waals surface area contributed by atoms with Gasteiger partial charge >= 0.3 is 6.01 Å². The van der Waals surface area contributed by atoms with Gasteiger partial charge in [-0.15, -0.1) is 5.10 Å². The molecule has 0 saturated heterocycles. The molecule has 0 bridgehead atoms. The molecule has 1 aromatic heterocycles. The van der Waals surface area contributed by atoms with Gasteiger partial charge in [0.05, 0.1) is 0 Å².